The van der Waals surface area contributed by atoms with E-state index in [9.17, 15) is 13.2 Å². The first-order chi connectivity index (χ1) is 10.5. The molecule has 0 saturated carbocycles. The van der Waals surface area contributed by atoms with E-state index >= 15 is 0 Å². The minimum atomic E-state index is -3.38. The van der Waals surface area contributed by atoms with E-state index in [1.54, 1.807) is 23.4 Å². The quantitative estimate of drug-likeness (QED) is 0.859. The molecule has 0 fully saturated rings. The highest BCUT2D eigenvalue weighted by Crippen LogP contribution is 2.15. The zero-order chi connectivity index (χ0) is 15.6. The summed E-state index contributed by atoms with van der Waals surface area (Å²) >= 11 is 0. The van der Waals surface area contributed by atoms with Crippen LogP contribution in [0.15, 0.2) is 52.7 Å². The van der Waals surface area contributed by atoms with Crippen molar-refractivity contribution < 1.29 is 13.2 Å². The van der Waals surface area contributed by atoms with Crippen molar-refractivity contribution in [1.82, 2.24) is 15.2 Å². The number of nitrogens with zero attached hydrogens (tertiary/aromatic N) is 3. The Kier molecular flexibility index (Phi) is 3.76. The number of aromatic nitrogens is 1. The molecular formula is C14H14N4O3S. The molecule has 1 aromatic heterocycles. The molecule has 114 valence electrons. The number of carbonyl (C=O) groups is 1. The molecule has 1 amide bonds. The first kappa shape index (κ1) is 14.5. The van der Waals surface area contributed by atoms with Gasteiger partial charge in [-0.15, -0.1) is 4.40 Å². The Balaban J connectivity index is 1.68. The summed E-state index contributed by atoms with van der Waals surface area (Å²) in [5, 5.41) is 2.77. The number of pyridine rings is 1. The van der Waals surface area contributed by atoms with E-state index in [2.05, 4.69) is 14.7 Å². The van der Waals surface area contributed by atoms with Gasteiger partial charge in [-0.1, -0.05) is 6.07 Å². The molecule has 22 heavy (non-hydrogen) atoms. The van der Waals surface area contributed by atoms with Crippen molar-refractivity contribution in [3.05, 3.63) is 54.0 Å². The summed E-state index contributed by atoms with van der Waals surface area (Å²) in [5.74, 6) is 0.0471. The molecule has 2 aliphatic rings. The van der Waals surface area contributed by atoms with Gasteiger partial charge in [-0.2, -0.15) is 0 Å². The van der Waals surface area contributed by atoms with Crippen LogP contribution in [0.4, 0.5) is 0 Å². The summed E-state index contributed by atoms with van der Waals surface area (Å²) in [5.41, 5.74) is 1.22. The van der Waals surface area contributed by atoms with E-state index in [1.165, 1.54) is 6.08 Å². The number of hydrogen-bond donors (Lipinski definition) is 1. The minimum absolute atomic E-state index is 0.0519. The van der Waals surface area contributed by atoms with Gasteiger partial charge in [0.05, 0.1) is 23.6 Å². The van der Waals surface area contributed by atoms with Crippen LogP contribution in [0.25, 0.3) is 0 Å². The van der Waals surface area contributed by atoms with Crippen molar-refractivity contribution in [2.75, 3.05) is 12.3 Å². The topological polar surface area (TPSA) is 91.7 Å². The second-order valence-electron chi connectivity index (χ2n) is 4.85. The Labute approximate surface area is 128 Å². The van der Waals surface area contributed by atoms with Crippen LogP contribution in [0.3, 0.4) is 0 Å². The van der Waals surface area contributed by atoms with Crippen LogP contribution in [0.5, 0.6) is 0 Å². The smallest absolute Gasteiger partial charge is 0.256 e. The SMILES string of the molecule is O=C(NCc1ccccn1)C1=CN2CCS(=O)(=O)N=C2C=C1. The van der Waals surface area contributed by atoms with E-state index in [1.807, 2.05) is 18.2 Å². The second-order valence-corrected chi connectivity index (χ2v) is 6.61. The van der Waals surface area contributed by atoms with Crippen molar-refractivity contribution in [2.45, 2.75) is 6.54 Å². The van der Waals surface area contributed by atoms with E-state index in [-0.39, 0.29) is 11.7 Å². The Morgan fingerprint density at radius 1 is 1.32 bits per heavy atom. The average Bonchev–Trinajstić information content (AvgIpc) is 2.52. The molecule has 8 heteroatoms. The largest absolute Gasteiger partial charge is 0.346 e. The molecule has 1 N–H and O–H groups in total. The van der Waals surface area contributed by atoms with Crippen molar-refractivity contribution >= 4 is 21.8 Å². The lowest BCUT2D eigenvalue weighted by atomic mass is 10.1. The van der Waals surface area contributed by atoms with Gasteiger partial charge < -0.3 is 10.2 Å². The zero-order valence-electron chi connectivity index (χ0n) is 11.6. The summed E-state index contributed by atoms with van der Waals surface area (Å²) in [6.45, 7) is 0.628. The highest BCUT2D eigenvalue weighted by molar-refractivity contribution is 7.90. The molecule has 7 nitrogen and oxygen atoms in total. The lowest BCUT2D eigenvalue weighted by molar-refractivity contribution is -0.117. The van der Waals surface area contributed by atoms with Gasteiger partial charge in [0.1, 0.15) is 5.84 Å². The molecule has 3 heterocycles. The fourth-order valence-corrected chi connectivity index (χ4v) is 3.08. The van der Waals surface area contributed by atoms with Crippen molar-refractivity contribution in [1.29, 1.82) is 0 Å². The maximum Gasteiger partial charge on any atom is 0.256 e. The molecule has 0 radical (unpaired) electrons. The molecule has 0 unspecified atom stereocenters. The first-order valence-corrected chi connectivity index (χ1v) is 8.32. The number of carbonyl (C=O) groups excluding carboxylic acids is 1. The van der Waals surface area contributed by atoms with Crippen LogP contribution in [-0.4, -0.2) is 42.3 Å². The maximum atomic E-state index is 12.1. The number of nitrogens with one attached hydrogen (secondary N) is 1. The Hall–Kier alpha value is -2.48. The fraction of sp³-hybridized carbons (Fsp3) is 0.214. The standard InChI is InChI=1S/C14H14N4O3S/c19-14(16-9-12-3-1-2-6-15-12)11-4-5-13-17-22(20,21)8-7-18(13)10-11/h1-6,10H,7-9H2,(H,16,19). The number of hydrogen-bond acceptors (Lipinski definition) is 5. The van der Waals surface area contributed by atoms with Gasteiger partial charge in [-0.25, -0.2) is 8.42 Å². The van der Waals surface area contributed by atoms with Crippen LogP contribution in [0, 0.1) is 0 Å². The third kappa shape index (κ3) is 3.22. The maximum absolute atomic E-state index is 12.1. The molecule has 1 aromatic rings. The first-order valence-electron chi connectivity index (χ1n) is 6.71. The predicted molar refractivity (Wildman–Crippen MR) is 81.2 cm³/mol. The average molecular weight is 318 g/mol. The van der Waals surface area contributed by atoms with Gasteiger partial charge >= 0.3 is 0 Å². The molecule has 2 aliphatic heterocycles. The van der Waals surface area contributed by atoms with Gasteiger partial charge in [0.25, 0.3) is 15.9 Å². The van der Waals surface area contributed by atoms with Gasteiger partial charge in [0.15, 0.2) is 0 Å². The summed E-state index contributed by atoms with van der Waals surface area (Å²) in [7, 11) is -3.38. The molecule has 0 aromatic carbocycles. The van der Waals surface area contributed by atoms with Crippen LogP contribution in [0.1, 0.15) is 5.69 Å². The number of sulfonamides is 1. The molecule has 0 saturated heterocycles. The van der Waals surface area contributed by atoms with Crippen molar-refractivity contribution in [3.8, 4) is 0 Å². The number of fused-ring (bicyclic) bond motifs is 1. The van der Waals surface area contributed by atoms with Crippen LogP contribution < -0.4 is 5.32 Å². The highest BCUT2D eigenvalue weighted by atomic mass is 32.2. The normalized spacial score (nSPS) is 19.0. The Morgan fingerprint density at radius 3 is 2.95 bits per heavy atom. The molecular weight excluding hydrogens is 304 g/mol. The minimum Gasteiger partial charge on any atom is -0.346 e. The van der Waals surface area contributed by atoms with Gasteiger partial charge in [-0.3, -0.25) is 9.78 Å². The Bertz CT molecular complexity index is 782. The molecule has 3 rings (SSSR count). The molecule has 0 bridgehead atoms. The van der Waals surface area contributed by atoms with Crippen LogP contribution in [0.2, 0.25) is 0 Å². The number of amides is 1. The number of amidine groups is 1. The summed E-state index contributed by atoms with van der Waals surface area (Å²) in [6, 6.07) is 5.49. The highest BCUT2D eigenvalue weighted by Gasteiger charge is 2.24. The Morgan fingerprint density at radius 2 is 2.18 bits per heavy atom. The van der Waals surface area contributed by atoms with Gasteiger partial charge in [0.2, 0.25) is 0 Å². The summed E-state index contributed by atoms with van der Waals surface area (Å²) < 4.78 is 26.5. The van der Waals surface area contributed by atoms with E-state index in [0.29, 0.717) is 24.5 Å². The van der Waals surface area contributed by atoms with E-state index in [0.717, 1.165) is 5.69 Å². The third-order valence-corrected chi connectivity index (χ3v) is 4.41. The van der Waals surface area contributed by atoms with Crippen LogP contribution >= 0.6 is 0 Å². The van der Waals surface area contributed by atoms with E-state index < -0.39 is 10.0 Å². The lowest BCUT2D eigenvalue weighted by Crippen LogP contribution is -2.38. The predicted octanol–water partition coefficient (Wildman–Crippen LogP) is 0.195. The van der Waals surface area contributed by atoms with E-state index in [4.69, 9.17) is 0 Å². The molecule has 0 aliphatic carbocycles. The van der Waals surface area contributed by atoms with Crippen molar-refractivity contribution in [2.24, 2.45) is 4.40 Å². The zero-order valence-corrected chi connectivity index (χ0v) is 12.5. The van der Waals surface area contributed by atoms with Gasteiger partial charge in [0, 0.05) is 18.9 Å². The third-order valence-electron chi connectivity index (χ3n) is 3.24. The van der Waals surface area contributed by atoms with Gasteiger partial charge in [-0.05, 0) is 24.3 Å². The number of rotatable bonds is 3. The summed E-state index contributed by atoms with van der Waals surface area (Å²) in [6.07, 6.45) is 6.37. The van der Waals surface area contributed by atoms with Crippen molar-refractivity contribution in [3.63, 3.8) is 0 Å². The lowest BCUT2D eigenvalue weighted by Gasteiger charge is -2.26. The summed E-state index contributed by atoms with van der Waals surface area (Å²) in [4.78, 5) is 17.9. The van der Waals surface area contributed by atoms with Crippen LogP contribution in [-0.2, 0) is 21.4 Å². The molecule has 0 spiro atoms. The fourth-order valence-electron chi connectivity index (χ4n) is 2.11. The second kappa shape index (κ2) is 5.72. The molecule has 0 atom stereocenters. The monoisotopic (exact) mass is 318 g/mol.